The van der Waals surface area contributed by atoms with Gasteiger partial charge in [-0.15, -0.1) is 4.40 Å². The van der Waals surface area contributed by atoms with Crippen molar-refractivity contribution < 1.29 is 26.4 Å². The molecule has 30 heavy (non-hydrogen) atoms. The van der Waals surface area contributed by atoms with Crippen molar-refractivity contribution in [2.24, 2.45) is 4.40 Å². The number of thioether (sulfide) groups is 1. The Balaban J connectivity index is 1.74. The number of fused-ring (bicyclic) bond motifs is 1. The molecule has 1 aliphatic heterocycles. The predicted octanol–water partition coefficient (Wildman–Crippen LogP) is 4.35. The van der Waals surface area contributed by atoms with Gasteiger partial charge in [-0.25, -0.2) is 0 Å². The van der Waals surface area contributed by atoms with Crippen LogP contribution in [0.15, 0.2) is 57.8 Å². The van der Waals surface area contributed by atoms with Crippen LogP contribution in [0.25, 0.3) is 0 Å². The summed E-state index contributed by atoms with van der Waals surface area (Å²) in [6, 6.07) is 10.8. The Hall–Kier alpha value is -2.53. The summed E-state index contributed by atoms with van der Waals surface area (Å²) in [5.74, 6) is -0.790. The maximum absolute atomic E-state index is 12.8. The first-order valence-electron chi connectivity index (χ1n) is 8.93. The molecule has 0 spiro atoms. The van der Waals surface area contributed by atoms with Gasteiger partial charge in [-0.2, -0.15) is 21.6 Å². The van der Waals surface area contributed by atoms with Gasteiger partial charge in [-0.3, -0.25) is 4.79 Å². The zero-order valence-electron chi connectivity index (χ0n) is 15.8. The summed E-state index contributed by atoms with van der Waals surface area (Å²) in [6.45, 7) is 2.42. The third-order valence-electron chi connectivity index (χ3n) is 4.12. The number of nitrogens with zero attached hydrogens (tertiary/aromatic N) is 2. The summed E-state index contributed by atoms with van der Waals surface area (Å²) in [7, 11) is -3.90. The van der Waals surface area contributed by atoms with E-state index in [4.69, 9.17) is 0 Å². The fourth-order valence-corrected chi connectivity index (χ4v) is 5.13. The van der Waals surface area contributed by atoms with Gasteiger partial charge in [-0.1, -0.05) is 36.9 Å². The molecule has 1 N–H and O–H groups in total. The molecule has 1 aliphatic rings. The number of hydrogen-bond acceptors (Lipinski definition) is 5. The van der Waals surface area contributed by atoms with E-state index in [1.54, 1.807) is 23.1 Å². The van der Waals surface area contributed by atoms with E-state index in [2.05, 4.69) is 9.71 Å². The van der Waals surface area contributed by atoms with Crippen molar-refractivity contribution in [2.75, 3.05) is 22.5 Å². The van der Waals surface area contributed by atoms with Crippen LogP contribution in [-0.4, -0.2) is 31.8 Å². The molecule has 0 atom stereocenters. The molecule has 3 rings (SSSR count). The highest BCUT2D eigenvalue weighted by atomic mass is 32.2. The number of nitrogens with one attached hydrogen (secondary N) is 1. The van der Waals surface area contributed by atoms with Gasteiger partial charge in [0.05, 0.1) is 17.0 Å². The fourth-order valence-electron chi connectivity index (χ4n) is 2.85. The zero-order valence-corrected chi connectivity index (χ0v) is 17.4. The number of amidine groups is 1. The molecule has 0 saturated carbocycles. The van der Waals surface area contributed by atoms with E-state index in [1.165, 1.54) is 18.2 Å². The van der Waals surface area contributed by atoms with Crippen LogP contribution in [0.1, 0.15) is 18.9 Å². The van der Waals surface area contributed by atoms with Gasteiger partial charge in [-0.05, 0) is 36.8 Å². The van der Waals surface area contributed by atoms with Gasteiger partial charge in [0.25, 0.3) is 10.0 Å². The molecule has 0 saturated heterocycles. The van der Waals surface area contributed by atoms with E-state index in [1.807, 2.05) is 6.92 Å². The maximum Gasteiger partial charge on any atom is 0.416 e. The molecule has 2 aromatic carbocycles. The van der Waals surface area contributed by atoms with E-state index in [9.17, 15) is 26.4 Å². The summed E-state index contributed by atoms with van der Waals surface area (Å²) in [5, 5.41) is 2.55. The number of benzene rings is 2. The Bertz CT molecular complexity index is 1090. The third kappa shape index (κ3) is 4.96. The van der Waals surface area contributed by atoms with Crippen molar-refractivity contribution >= 4 is 44.2 Å². The van der Waals surface area contributed by atoms with Gasteiger partial charge in [0.2, 0.25) is 5.91 Å². The Morgan fingerprint density at radius 3 is 2.60 bits per heavy atom. The third-order valence-corrected chi connectivity index (χ3v) is 6.52. The van der Waals surface area contributed by atoms with Crippen LogP contribution < -0.4 is 10.2 Å². The lowest BCUT2D eigenvalue weighted by molar-refractivity contribution is -0.137. The SMILES string of the molecule is CCCN1C(SCC(=O)Nc2cccc(C(F)(F)F)c2)=NS(=O)(=O)c2ccccc21. The van der Waals surface area contributed by atoms with Gasteiger partial charge < -0.3 is 10.2 Å². The fraction of sp³-hybridized carbons (Fsp3) is 0.263. The first kappa shape index (κ1) is 22.2. The van der Waals surface area contributed by atoms with Crippen molar-refractivity contribution in [2.45, 2.75) is 24.4 Å². The van der Waals surface area contributed by atoms with Crippen LogP contribution in [0, 0.1) is 0 Å². The standard InChI is InChI=1S/C19H18F3N3O3S2/c1-2-10-25-15-8-3-4-9-16(15)30(27,28)24-18(25)29-12-17(26)23-14-7-5-6-13(11-14)19(20,21)22/h3-9,11H,2,10,12H2,1H3,(H,23,26). The summed E-state index contributed by atoms with van der Waals surface area (Å²) >= 11 is 0.911. The van der Waals surface area contributed by atoms with Crippen LogP contribution in [0.5, 0.6) is 0 Å². The highest BCUT2D eigenvalue weighted by Gasteiger charge is 2.32. The highest BCUT2D eigenvalue weighted by molar-refractivity contribution is 8.15. The average molecular weight is 457 g/mol. The van der Waals surface area contributed by atoms with Crippen LogP contribution in [0.3, 0.4) is 0 Å². The van der Waals surface area contributed by atoms with Crippen LogP contribution >= 0.6 is 11.8 Å². The van der Waals surface area contributed by atoms with Crippen molar-refractivity contribution in [1.29, 1.82) is 0 Å². The second-order valence-electron chi connectivity index (χ2n) is 6.38. The molecule has 160 valence electrons. The molecule has 0 unspecified atom stereocenters. The number of carbonyl (C=O) groups excluding carboxylic acids is 1. The molecule has 0 aliphatic carbocycles. The molecule has 0 aromatic heterocycles. The van der Waals surface area contributed by atoms with Gasteiger partial charge in [0.1, 0.15) is 4.90 Å². The molecular weight excluding hydrogens is 439 g/mol. The largest absolute Gasteiger partial charge is 0.416 e. The molecule has 11 heteroatoms. The predicted molar refractivity (Wildman–Crippen MR) is 111 cm³/mol. The second-order valence-corrected chi connectivity index (χ2v) is 8.90. The van der Waals surface area contributed by atoms with Gasteiger partial charge >= 0.3 is 6.18 Å². The lowest BCUT2D eigenvalue weighted by Gasteiger charge is -2.29. The molecule has 2 aromatic rings. The smallest absolute Gasteiger partial charge is 0.325 e. The molecule has 6 nitrogen and oxygen atoms in total. The second kappa shape index (κ2) is 8.68. The molecule has 1 heterocycles. The summed E-state index contributed by atoms with van der Waals surface area (Å²) in [4.78, 5) is 14.1. The molecule has 0 radical (unpaired) electrons. The van der Waals surface area contributed by atoms with E-state index in [0.29, 0.717) is 18.7 Å². The summed E-state index contributed by atoms with van der Waals surface area (Å²) in [5.41, 5.74) is -0.388. The van der Waals surface area contributed by atoms with E-state index in [0.717, 1.165) is 23.9 Å². The number of alkyl halides is 3. The molecule has 0 bridgehead atoms. The minimum absolute atomic E-state index is 0.00406. The van der Waals surface area contributed by atoms with Crippen molar-refractivity contribution in [3.63, 3.8) is 0 Å². The van der Waals surface area contributed by atoms with Gasteiger partial charge in [0.15, 0.2) is 5.17 Å². The monoisotopic (exact) mass is 457 g/mol. The Morgan fingerprint density at radius 1 is 1.17 bits per heavy atom. The Kier molecular flexibility index (Phi) is 6.41. The van der Waals surface area contributed by atoms with Crippen molar-refractivity contribution in [3.8, 4) is 0 Å². The van der Waals surface area contributed by atoms with Crippen LogP contribution in [0.4, 0.5) is 24.5 Å². The first-order valence-corrected chi connectivity index (χ1v) is 11.4. The lowest BCUT2D eigenvalue weighted by atomic mass is 10.2. The minimum Gasteiger partial charge on any atom is -0.325 e. The highest BCUT2D eigenvalue weighted by Crippen LogP contribution is 2.34. The molecule has 1 amide bonds. The maximum atomic E-state index is 12.8. The lowest BCUT2D eigenvalue weighted by Crippen LogP contribution is -2.35. The Morgan fingerprint density at radius 2 is 1.90 bits per heavy atom. The van der Waals surface area contributed by atoms with Gasteiger partial charge in [0, 0.05) is 12.2 Å². The number of sulfonamides is 1. The van der Waals surface area contributed by atoms with Crippen LogP contribution in [-0.2, 0) is 21.0 Å². The Labute approximate surface area is 176 Å². The normalized spacial score (nSPS) is 15.3. The summed E-state index contributed by atoms with van der Waals surface area (Å²) < 4.78 is 67.2. The van der Waals surface area contributed by atoms with E-state index in [-0.39, 0.29) is 21.5 Å². The number of amides is 1. The topological polar surface area (TPSA) is 78.8 Å². The zero-order chi connectivity index (χ0) is 21.9. The number of carbonyl (C=O) groups is 1. The number of hydrogen-bond donors (Lipinski definition) is 1. The first-order chi connectivity index (χ1) is 14.1. The number of rotatable bonds is 5. The van der Waals surface area contributed by atoms with Crippen molar-refractivity contribution in [1.82, 2.24) is 0 Å². The number of anilines is 2. The average Bonchev–Trinajstić information content (AvgIpc) is 2.68. The number of halogens is 3. The van der Waals surface area contributed by atoms with Crippen LogP contribution in [0.2, 0.25) is 0 Å². The van der Waals surface area contributed by atoms with Crippen molar-refractivity contribution in [3.05, 3.63) is 54.1 Å². The summed E-state index contributed by atoms with van der Waals surface area (Å²) in [6.07, 6.45) is -3.81. The molecular formula is C19H18F3N3O3S2. The molecule has 0 fully saturated rings. The van der Waals surface area contributed by atoms with E-state index >= 15 is 0 Å². The minimum atomic E-state index is -4.52. The van der Waals surface area contributed by atoms with E-state index < -0.39 is 27.7 Å². The quantitative estimate of drug-likeness (QED) is 0.722. The number of para-hydroxylation sites is 1.